The maximum Gasteiger partial charge on any atom is 0.221 e. The summed E-state index contributed by atoms with van der Waals surface area (Å²) in [5, 5.41) is 3.33. The molecule has 36 heavy (non-hydrogen) atoms. The lowest BCUT2D eigenvalue weighted by molar-refractivity contribution is -0.122. The van der Waals surface area contributed by atoms with Gasteiger partial charge in [0.25, 0.3) is 0 Å². The van der Waals surface area contributed by atoms with Crippen molar-refractivity contribution in [2.75, 3.05) is 20.2 Å². The monoisotopic (exact) mass is 482 g/mol. The molecule has 0 aliphatic carbocycles. The number of para-hydroxylation sites is 1. The van der Waals surface area contributed by atoms with Crippen LogP contribution in [0.3, 0.4) is 0 Å². The largest absolute Gasteiger partial charge is 0.496 e. The Bertz CT molecular complexity index is 1310. The van der Waals surface area contributed by atoms with Gasteiger partial charge in [0.05, 0.1) is 12.8 Å². The van der Waals surface area contributed by atoms with Gasteiger partial charge >= 0.3 is 0 Å². The zero-order chi connectivity index (χ0) is 24.9. The van der Waals surface area contributed by atoms with Crippen molar-refractivity contribution >= 4 is 11.6 Å². The van der Waals surface area contributed by atoms with Gasteiger partial charge in [-0.15, -0.1) is 0 Å². The molecule has 2 aromatic carbocycles. The van der Waals surface area contributed by atoms with Crippen molar-refractivity contribution in [3.8, 4) is 5.75 Å². The highest BCUT2D eigenvalue weighted by atomic mass is 16.5. The summed E-state index contributed by atoms with van der Waals surface area (Å²) < 4.78 is 7.84. The first-order valence-electron chi connectivity index (χ1n) is 12.7. The van der Waals surface area contributed by atoms with E-state index in [4.69, 9.17) is 4.74 Å². The molecular formula is C30H34N4O2. The van der Waals surface area contributed by atoms with Gasteiger partial charge in [-0.1, -0.05) is 54.6 Å². The van der Waals surface area contributed by atoms with Crippen LogP contribution in [0.1, 0.15) is 47.7 Å². The molecule has 0 bridgehead atoms. The Morgan fingerprint density at radius 2 is 1.78 bits per heavy atom. The fraction of sp³-hybridized carbons (Fsp3) is 0.333. The fourth-order valence-electron chi connectivity index (χ4n) is 5.35. The van der Waals surface area contributed by atoms with Crippen LogP contribution in [0.4, 0.5) is 0 Å². The summed E-state index contributed by atoms with van der Waals surface area (Å²) >= 11 is 0. The van der Waals surface area contributed by atoms with E-state index < -0.39 is 0 Å². The van der Waals surface area contributed by atoms with Crippen molar-refractivity contribution in [3.05, 3.63) is 102 Å². The predicted octanol–water partition coefficient (Wildman–Crippen LogP) is 4.95. The second-order valence-electron chi connectivity index (χ2n) is 9.65. The number of amides is 1. The van der Waals surface area contributed by atoms with Crippen molar-refractivity contribution in [1.82, 2.24) is 19.6 Å². The van der Waals surface area contributed by atoms with Crippen LogP contribution in [0.15, 0.2) is 79.0 Å². The number of carbonyl (C=O) groups is 1. The quantitative estimate of drug-likeness (QED) is 0.386. The average Bonchev–Trinajstić information content (AvgIpc) is 3.34. The Morgan fingerprint density at radius 1 is 1.03 bits per heavy atom. The zero-order valence-corrected chi connectivity index (χ0v) is 21.1. The van der Waals surface area contributed by atoms with Crippen LogP contribution < -0.4 is 10.1 Å². The van der Waals surface area contributed by atoms with Gasteiger partial charge < -0.3 is 14.5 Å². The minimum atomic E-state index is -0.171. The van der Waals surface area contributed by atoms with Crippen LogP contribution in [0.2, 0.25) is 0 Å². The van der Waals surface area contributed by atoms with Crippen molar-refractivity contribution in [2.24, 2.45) is 0 Å². The number of methoxy groups -OCH3 is 1. The van der Waals surface area contributed by atoms with Gasteiger partial charge in [0, 0.05) is 55.5 Å². The smallest absolute Gasteiger partial charge is 0.221 e. The minimum Gasteiger partial charge on any atom is -0.496 e. The number of ether oxygens (including phenoxy) is 1. The van der Waals surface area contributed by atoms with Crippen LogP contribution >= 0.6 is 0 Å². The van der Waals surface area contributed by atoms with Crippen LogP contribution in [-0.2, 0) is 11.3 Å². The number of nitrogens with one attached hydrogen (secondary N) is 1. The summed E-state index contributed by atoms with van der Waals surface area (Å²) in [6.45, 7) is 5.01. The molecule has 2 aromatic heterocycles. The molecule has 1 aliphatic rings. The molecule has 1 amide bonds. The topological polar surface area (TPSA) is 58.9 Å². The maximum absolute atomic E-state index is 13.4. The Balaban J connectivity index is 1.30. The third kappa shape index (κ3) is 5.29. The molecule has 1 fully saturated rings. The average molecular weight is 483 g/mol. The van der Waals surface area contributed by atoms with E-state index in [2.05, 4.69) is 69.0 Å². The van der Waals surface area contributed by atoms with Crippen LogP contribution in [0.25, 0.3) is 5.65 Å². The van der Waals surface area contributed by atoms with Crippen LogP contribution in [-0.4, -0.2) is 46.4 Å². The summed E-state index contributed by atoms with van der Waals surface area (Å²) in [5.74, 6) is 0.680. The maximum atomic E-state index is 13.4. The van der Waals surface area contributed by atoms with Crippen molar-refractivity contribution in [3.63, 3.8) is 0 Å². The highest BCUT2D eigenvalue weighted by Gasteiger charge is 2.27. The van der Waals surface area contributed by atoms with Crippen LogP contribution in [0, 0.1) is 6.92 Å². The molecule has 186 valence electrons. The molecule has 1 N–H and O–H groups in total. The molecule has 1 atom stereocenters. The fourth-order valence-corrected chi connectivity index (χ4v) is 5.35. The molecule has 0 radical (unpaired) electrons. The number of fused-ring (bicyclic) bond motifs is 1. The third-order valence-electron chi connectivity index (χ3n) is 7.21. The van der Waals surface area contributed by atoms with E-state index in [1.807, 2.05) is 36.5 Å². The molecule has 6 nitrogen and oxygen atoms in total. The van der Waals surface area contributed by atoms with Gasteiger partial charge in [0.2, 0.25) is 5.91 Å². The number of benzene rings is 2. The summed E-state index contributed by atoms with van der Waals surface area (Å²) in [6.07, 6.45) is 4.17. The van der Waals surface area contributed by atoms with Gasteiger partial charge in [-0.05, 0) is 43.5 Å². The number of hydrogen-bond acceptors (Lipinski definition) is 4. The molecule has 6 heteroatoms. The molecule has 1 saturated heterocycles. The number of carbonyl (C=O) groups excluding carboxylic acids is 1. The first-order chi connectivity index (χ1) is 17.6. The van der Waals surface area contributed by atoms with Gasteiger partial charge in [-0.2, -0.15) is 0 Å². The number of likely N-dealkylation sites (tertiary alicyclic amines) is 1. The Kier molecular flexibility index (Phi) is 7.33. The normalized spacial score (nSPS) is 15.6. The second-order valence-corrected chi connectivity index (χ2v) is 9.65. The summed E-state index contributed by atoms with van der Waals surface area (Å²) in [5.41, 5.74) is 5.31. The number of piperidine rings is 1. The first kappa shape index (κ1) is 24.1. The van der Waals surface area contributed by atoms with E-state index in [1.54, 1.807) is 7.11 Å². The van der Waals surface area contributed by atoms with E-state index in [0.717, 1.165) is 60.8 Å². The van der Waals surface area contributed by atoms with Crippen molar-refractivity contribution in [1.29, 1.82) is 0 Å². The summed E-state index contributed by atoms with van der Waals surface area (Å²) in [7, 11) is 1.68. The molecule has 0 spiro atoms. The minimum absolute atomic E-state index is 0.0657. The molecule has 5 rings (SSSR count). The number of aromatic nitrogens is 2. The zero-order valence-electron chi connectivity index (χ0n) is 21.1. The van der Waals surface area contributed by atoms with Gasteiger partial charge in [0.1, 0.15) is 11.4 Å². The second kappa shape index (κ2) is 11.0. The lowest BCUT2D eigenvalue weighted by atomic mass is 9.91. The van der Waals surface area contributed by atoms with E-state index in [9.17, 15) is 4.79 Å². The predicted molar refractivity (Wildman–Crippen MR) is 142 cm³/mol. The summed E-state index contributed by atoms with van der Waals surface area (Å²) in [4.78, 5) is 20.5. The number of nitrogens with zero attached hydrogens (tertiary/aromatic N) is 3. The van der Waals surface area contributed by atoms with Crippen LogP contribution in [0.5, 0.6) is 5.75 Å². The molecule has 4 aromatic rings. The SMILES string of the molecule is COc1ccccc1C(CC(=O)NC1CCN(Cc2ccccc2)CC1)c1cnc2cccc(C)n12. The standard InChI is InChI=1S/C30H34N4O2/c1-22-9-8-14-29-31-20-27(34(22)29)26(25-12-6-7-13-28(25)36-2)19-30(35)32-24-15-17-33(18-16-24)21-23-10-4-3-5-11-23/h3-14,20,24,26H,15-19,21H2,1-2H3,(H,32,35). The van der Waals surface area contributed by atoms with E-state index in [-0.39, 0.29) is 17.9 Å². The molecular weight excluding hydrogens is 448 g/mol. The highest BCUT2D eigenvalue weighted by Crippen LogP contribution is 2.35. The van der Waals surface area contributed by atoms with Gasteiger partial charge in [-0.3, -0.25) is 9.69 Å². The lowest BCUT2D eigenvalue weighted by Gasteiger charge is -2.32. The number of imidazole rings is 1. The molecule has 3 heterocycles. The van der Waals surface area contributed by atoms with Crippen molar-refractivity contribution < 1.29 is 9.53 Å². The lowest BCUT2D eigenvalue weighted by Crippen LogP contribution is -2.44. The van der Waals surface area contributed by atoms with E-state index in [1.165, 1.54) is 5.56 Å². The Labute approximate surface area is 212 Å². The Hall–Kier alpha value is -3.64. The molecule has 1 unspecified atom stereocenters. The molecule has 0 saturated carbocycles. The molecule has 1 aliphatic heterocycles. The number of hydrogen-bond donors (Lipinski definition) is 1. The first-order valence-corrected chi connectivity index (χ1v) is 12.7. The third-order valence-corrected chi connectivity index (χ3v) is 7.21. The van der Waals surface area contributed by atoms with Gasteiger partial charge in [-0.25, -0.2) is 4.98 Å². The van der Waals surface area contributed by atoms with E-state index in [0.29, 0.717) is 6.42 Å². The van der Waals surface area contributed by atoms with Gasteiger partial charge in [0.15, 0.2) is 0 Å². The number of aryl methyl sites for hydroxylation is 1. The Morgan fingerprint density at radius 3 is 2.56 bits per heavy atom. The number of pyridine rings is 1. The number of rotatable bonds is 8. The highest BCUT2D eigenvalue weighted by molar-refractivity contribution is 5.78. The summed E-state index contributed by atoms with van der Waals surface area (Å²) in [6, 6.07) is 24.8. The van der Waals surface area contributed by atoms with Crippen molar-refractivity contribution in [2.45, 2.75) is 44.7 Å². The van der Waals surface area contributed by atoms with E-state index >= 15 is 0 Å².